The smallest absolute Gasteiger partial charge is 0.186 e. The third kappa shape index (κ3) is 2.74. The van der Waals surface area contributed by atoms with E-state index in [1.807, 2.05) is 6.92 Å². The maximum Gasteiger partial charge on any atom is 0.186 e. The fraction of sp³-hybridized carbons (Fsp3) is 0.714. The summed E-state index contributed by atoms with van der Waals surface area (Å²) in [6, 6.07) is 0.595. The molecule has 1 heterocycles. The number of hydrogen-bond acceptors (Lipinski definition) is 4. The molecule has 0 atom stereocenters. The van der Waals surface area contributed by atoms with E-state index in [0.29, 0.717) is 6.04 Å². The molecule has 100 valence electrons. The van der Waals surface area contributed by atoms with Crippen molar-refractivity contribution in [3.05, 3.63) is 10.6 Å². The van der Waals surface area contributed by atoms with Crippen LogP contribution in [0.4, 0.5) is 5.13 Å². The fourth-order valence-electron chi connectivity index (χ4n) is 2.75. The average molecular weight is 266 g/mol. The summed E-state index contributed by atoms with van der Waals surface area (Å²) in [6.45, 7) is 4.20. The van der Waals surface area contributed by atoms with E-state index in [2.05, 4.69) is 23.9 Å². The lowest BCUT2D eigenvalue weighted by atomic mass is 9.84. The lowest BCUT2D eigenvalue weighted by molar-refractivity contribution is 0.112. The van der Waals surface area contributed by atoms with Crippen LogP contribution in [-0.2, 0) is 0 Å². The van der Waals surface area contributed by atoms with Gasteiger partial charge in [-0.1, -0.05) is 24.7 Å². The fourth-order valence-corrected chi connectivity index (χ4v) is 3.66. The van der Waals surface area contributed by atoms with Crippen LogP contribution in [-0.4, -0.2) is 24.4 Å². The molecule has 0 spiro atoms. The van der Waals surface area contributed by atoms with E-state index < -0.39 is 0 Å². The lowest BCUT2D eigenvalue weighted by Gasteiger charge is -2.34. The van der Waals surface area contributed by atoms with Crippen LogP contribution in [0.15, 0.2) is 0 Å². The van der Waals surface area contributed by atoms with Crippen molar-refractivity contribution in [2.75, 3.05) is 11.9 Å². The first-order chi connectivity index (χ1) is 8.65. The van der Waals surface area contributed by atoms with Crippen LogP contribution in [0.2, 0.25) is 0 Å². The highest BCUT2D eigenvalue weighted by Gasteiger charge is 2.25. The average Bonchev–Trinajstić information content (AvgIpc) is 2.79. The summed E-state index contributed by atoms with van der Waals surface area (Å²) in [6.07, 6.45) is 7.39. The van der Waals surface area contributed by atoms with Crippen molar-refractivity contribution in [1.29, 1.82) is 0 Å². The van der Waals surface area contributed by atoms with Crippen LogP contribution < -0.4 is 4.90 Å². The van der Waals surface area contributed by atoms with Crippen molar-refractivity contribution in [3.63, 3.8) is 0 Å². The predicted octanol–water partition coefficient (Wildman–Crippen LogP) is 3.67. The molecule has 1 fully saturated rings. The van der Waals surface area contributed by atoms with Crippen LogP contribution in [0.1, 0.15) is 54.4 Å². The van der Waals surface area contributed by atoms with Gasteiger partial charge in [0, 0.05) is 13.1 Å². The molecule has 1 aromatic heterocycles. The SMILES string of the molecule is CCC1CCC(N(C)c2nc(C)c(C=O)s2)CC1. The highest BCUT2D eigenvalue weighted by Crippen LogP contribution is 2.33. The zero-order valence-corrected chi connectivity index (χ0v) is 12.3. The van der Waals surface area contributed by atoms with Gasteiger partial charge >= 0.3 is 0 Å². The Labute approximate surface area is 113 Å². The standard InChI is InChI=1S/C14H22N2OS/c1-4-11-5-7-12(8-6-11)16(3)14-15-10(2)13(9-17)18-14/h9,11-12H,4-8H2,1-3H3. The molecule has 0 radical (unpaired) electrons. The highest BCUT2D eigenvalue weighted by molar-refractivity contribution is 7.17. The molecule has 1 aliphatic carbocycles. The number of anilines is 1. The summed E-state index contributed by atoms with van der Waals surface area (Å²) in [5.41, 5.74) is 0.860. The molecule has 0 aromatic carbocycles. The normalized spacial score (nSPS) is 23.9. The molecular formula is C14H22N2OS. The maximum atomic E-state index is 10.9. The monoisotopic (exact) mass is 266 g/mol. The van der Waals surface area contributed by atoms with Gasteiger partial charge in [-0.25, -0.2) is 4.98 Å². The predicted molar refractivity (Wildman–Crippen MR) is 76.7 cm³/mol. The topological polar surface area (TPSA) is 33.2 Å². The molecule has 0 N–H and O–H groups in total. The van der Waals surface area contributed by atoms with Crippen molar-refractivity contribution in [2.24, 2.45) is 5.92 Å². The quantitative estimate of drug-likeness (QED) is 0.780. The molecule has 1 aliphatic rings. The zero-order chi connectivity index (χ0) is 13.1. The highest BCUT2D eigenvalue weighted by atomic mass is 32.1. The van der Waals surface area contributed by atoms with E-state index in [0.717, 1.165) is 27.9 Å². The minimum Gasteiger partial charge on any atom is -0.348 e. The first-order valence-electron chi connectivity index (χ1n) is 6.81. The molecule has 0 amide bonds. The van der Waals surface area contributed by atoms with E-state index in [4.69, 9.17) is 0 Å². The van der Waals surface area contributed by atoms with Crippen molar-refractivity contribution in [1.82, 2.24) is 4.98 Å². The Balaban J connectivity index is 2.02. The van der Waals surface area contributed by atoms with E-state index in [-0.39, 0.29) is 0 Å². The third-order valence-corrected chi connectivity index (χ3v) is 5.34. The van der Waals surface area contributed by atoms with Gasteiger partial charge in [0.2, 0.25) is 0 Å². The zero-order valence-electron chi connectivity index (χ0n) is 11.5. The Bertz CT molecular complexity index is 408. The van der Waals surface area contributed by atoms with Gasteiger partial charge in [0.15, 0.2) is 11.4 Å². The van der Waals surface area contributed by atoms with E-state index in [1.54, 1.807) is 0 Å². The number of aromatic nitrogens is 1. The van der Waals surface area contributed by atoms with E-state index >= 15 is 0 Å². The number of nitrogens with zero attached hydrogens (tertiary/aromatic N) is 2. The molecule has 1 aromatic rings. The largest absolute Gasteiger partial charge is 0.348 e. The van der Waals surface area contributed by atoms with Crippen LogP contribution in [0.5, 0.6) is 0 Å². The molecule has 0 saturated heterocycles. The van der Waals surface area contributed by atoms with Gasteiger partial charge < -0.3 is 4.90 Å². The molecular weight excluding hydrogens is 244 g/mol. The Hall–Kier alpha value is -0.900. The third-order valence-electron chi connectivity index (χ3n) is 4.17. The van der Waals surface area contributed by atoms with Crippen LogP contribution in [0, 0.1) is 12.8 Å². The molecule has 0 unspecified atom stereocenters. The van der Waals surface area contributed by atoms with Gasteiger partial charge in [-0.05, 0) is 38.5 Å². The van der Waals surface area contributed by atoms with Gasteiger partial charge in [0.25, 0.3) is 0 Å². The van der Waals surface area contributed by atoms with Gasteiger partial charge in [0.1, 0.15) is 0 Å². The van der Waals surface area contributed by atoms with E-state index in [9.17, 15) is 4.79 Å². The molecule has 3 nitrogen and oxygen atoms in total. The van der Waals surface area contributed by atoms with E-state index in [1.165, 1.54) is 43.4 Å². The Kier molecular flexibility index (Phi) is 4.38. The van der Waals surface area contributed by atoms with Crippen LogP contribution in [0.3, 0.4) is 0 Å². The first-order valence-corrected chi connectivity index (χ1v) is 7.62. The number of rotatable bonds is 4. The van der Waals surface area contributed by atoms with Crippen molar-refractivity contribution >= 4 is 22.8 Å². The van der Waals surface area contributed by atoms with Gasteiger partial charge in [-0.2, -0.15) is 0 Å². The molecule has 4 heteroatoms. The summed E-state index contributed by atoms with van der Waals surface area (Å²) in [5, 5.41) is 0.995. The number of hydrogen-bond donors (Lipinski definition) is 0. The Morgan fingerprint density at radius 2 is 2.06 bits per heavy atom. The summed E-state index contributed by atoms with van der Waals surface area (Å²) in [5.74, 6) is 0.915. The summed E-state index contributed by atoms with van der Waals surface area (Å²) < 4.78 is 0. The molecule has 0 aliphatic heterocycles. The molecule has 0 bridgehead atoms. The summed E-state index contributed by atoms with van der Waals surface area (Å²) in [4.78, 5) is 18.4. The molecule has 2 rings (SSSR count). The summed E-state index contributed by atoms with van der Waals surface area (Å²) in [7, 11) is 2.11. The van der Waals surface area contributed by atoms with Crippen molar-refractivity contribution in [2.45, 2.75) is 52.0 Å². The van der Waals surface area contributed by atoms with Gasteiger partial charge in [-0.3, -0.25) is 4.79 Å². The first kappa shape index (κ1) is 13.5. The van der Waals surface area contributed by atoms with Crippen LogP contribution >= 0.6 is 11.3 Å². The minimum absolute atomic E-state index is 0.595. The number of aldehydes is 1. The molecule has 18 heavy (non-hydrogen) atoms. The second-order valence-electron chi connectivity index (χ2n) is 5.26. The second kappa shape index (κ2) is 5.83. The van der Waals surface area contributed by atoms with Crippen molar-refractivity contribution < 1.29 is 4.79 Å². The number of thiazole rings is 1. The number of carbonyl (C=O) groups is 1. The summed E-state index contributed by atoms with van der Waals surface area (Å²) >= 11 is 1.51. The van der Waals surface area contributed by atoms with Crippen LogP contribution in [0.25, 0.3) is 0 Å². The van der Waals surface area contributed by atoms with Gasteiger partial charge in [0.05, 0.1) is 10.6 Å². The second-order valence-corrected chi connectivity index (χ2v) is 6.27. The minimum atomic E-state index is 0.595. The molecule has 1 saturated carbocycles. The van der Waals surface area contributed by atoms with Crippen molar-refractivity contribution in [3.8, 4) is 0 Å². The lowest BCUT2D eigenvalue weighted by Crippen LogP contribution is -2.35. The number of aryl methyl sites for hydroxylation is 1. The van der Waals surface area contributed by atoms with Gasteiger partial charge in [-0.15, -0.1) is 0 Å². The number of carbonyl (C=O) groups excluding carboxylic acids is 1. The Morgan fingerprint density at radius 3 is 2.56 bits per heavy atom. The maximum absolute atomic E-state index is 10.9. The Morgan fingerprint density at radius 1 is 1.39 bits per heavy atom.